The van der Waals surface area contributed by atoms with E-state index < -0.39 is 0 Å². The molecule has 0 spiro atoms. The van der Waals surface area contributed by atoms with Gasteiger partial charge >= 0.3 is 0 Å². The molecule has 0 saturated heterocycles. The lowest BCUT2D eigenvalue weighted by atomic mass is 10.1. The highest BCUT2D eigenvalue weighted by Gasteiger charge is 2.09. The number of fused-ring (bicyclic) bond motifs is 1. The molecule has 1 heterocycles. The van der Waals surface area contributed by atoms with Crippen molar-refractivity contribution < 1.29 is 9.53 Å². The Kier molecular flexibility index (Phi) is 5.56. The van der Waals surface area contributed by atoms with E-state index in [1.807, 2.05) is 44.2 Å². The molecule has 0 bridgehead atoms. The zero-order chi connectivity index (χ0) is 17.8. The van der Waals surface area contributed by atoms with Gasteiger partial charge in [0.15, 0.2) is 5.13 Å². The molecule has 25 heavy (non-hydrogen) atoms. The number of rotatable bonds is 6. The highest BCUT2D eigenvalue weighted by Crippen LogP contribution is 2.28. The van der Waals surface area contributed by atoms with Gasteiger partial charge < -0.3 is 10.1 Å². The molecular formula is C19H19ClN2O2S. The summed E-state index contributed by atoms with van der Waals surface area (Å²) in [7, 11) is 0. The van der Waals surface area contributed by atoms with Gasteiger partial charge in [0, 0.05) is 11.4 Å². The largest absolute Gasteiger partial charge is 0.493 e. The van der Waals surface area contributed by atoms with Gasteiger partial charge in [-0.3, -0.25) is 4.79 Å². The third-order valence-corrected chi connectivity index (χ3v) is 4.97. The van der Waals surface area contributed by atoms with Gasteiger partial charge in [0.2, 0.25) is 5.91 Å². The summed E-state index contributed by atoms with van der Waals surface area (Å²) in [5.41, 5.74) is 3.05. The van der Waals surface area contributed by atoms with Crippen molar-refractivity contribution in [1.82, 2.24) is 4.98 Å². The minimum Gasteiger partial charge on any atom is -0.493 e. The average Bonchev–Trinajstić information content (AvgIpc) is 2.94. The van der Waals surface area contributed by atoms with Crippen molar-refractivity contribution in [3.8, 4) is 5.75 Å². The number of thiazole rings is 1. The normalized spacial score (nSPS) is 10.8. The monoisotopic (exact) mass is 374 g/mol. The van der Waals surface area contributed by atoms with Crippen LogP contribution in [0.4, 0.5) is 5.13 Å². The van der Waals surface area contributed by atoms with E-state index >= 15 is 0 Å². The Morgan fingerprint density at radius 2 is 2.00 bits per heavy atom. The molecule has 0 unspecified atom stereocenters. The summed E-state index contributed by atoms with van der Waals surface area (Å²) in [4.78, 5) is 16.5. The number of amides is 1. The molecule has 0 aliphatic heterocycles. The predicted molar refractivity (Wildman–Crippen MR) is 104 cm³/mol. The maximum Gasteiger partial charge on any atom is 0.226 e. The van der Waals surface area contributed by atoms with E-state index in [-0.39, 0.29) is 5.91 Å². The van der Waals surface area contributed by atoms with Gasteiger partial charge in [0.25, 0.3) is 0 Å². The second-order valence-corrected chi connectivity index (χ2v) is 7.32. The second-order valence-electron chi connectivity index (χ2n) is 5.85. The zero-order valence-corrected chi connectivity index (χ0v) is 15.7. The summed E-state index contributed by atoms with van der Waals surface area (Å²) in [5.74, 6) is 0.848. The van der Waals surface area contributed by atoms with Crippen molar-refractivity contribution in [1.29, 1.82) is 0 Å². The number of halogens is 1. The van der Waals surface area contributed by atoms with Crippen molar-refractivity contribution in [2.45, 2.75) is 26.7 Å². The zero-order valence-electron chi connectivity index (χ0n) is 14.1. The number of nitrogens with one attached hydrogen (secondary N) is 1. The third-order valence-electron chi connectivity index (χ3n) is 3.80. The van der Waals surface area contributed by atoms with Crippen LogP contribution in [0.2, 0.25) is 5.02 Å². The Balaban J connectivity index is 1.49. The van der Waals surface area contributed by atoms with E-state index in [0.29, 0.717) is 29.6 Å². The van der Waals surface area contributed by atoms with Crippen LogP contribution in [0.5, 0.6) is 5.75 Å². The Morgan fingerprint density at radius 3 is 2.76 bits per heavy atom. The number of carbonyl (C=O) groups excluding carboxylic acids is 1. The summed E-state index contributed by atoms with van der Waals surface area (Å²) in [5, 5.41) is 4.10. The van der Waals surface area contributed by atoms with E-state index in [0.717, 1.165) is 27.1 Å². The molecule has 0 saturated carbocycles. The third kappa shape index (κ3) is 4.50. The fraction of sp³-hybridized carbons (Fsp3) is 0.263. The van der Waals surface area contributed by atoms with Crippen LogP contribution >= 0.6 is 22.9 Å². The first-order valence-corrected chi connectivity index (χ1v) is 9.27. The fourth-order valence-corrected chi connectivity index (χ4v) is 3.73. The van der Waals surface area contributed by atoms with Crippen molar-refractivity contribution >= 4 is 44.2 Å². The van der Waals surface area contributed by atoms with Gasteiger partial charge in [0.05, 0.1) is 16.8 Å². The molecule has 1 aromatic heterocycles. The fourth-order valence-electron chi connectivity index (χ4n) is 2.57. The first-order valence-electron chi connectivity index (χ1n) is 8.08. The van der Waals surface area contributed by atoms with Gasteiger partial charge in [-0.25, -0.2) is 4.98 Å². The van der Waals surface area contributed by atoms with Crippen LogP contribution in [0.15, 0.2) is 36.4 Å². The first-order chi connectivity index (χ1) is 12.0. The van der Waals surface area contributed by atoms with Crippen LogP contribution in [0.3, 0.4) is 0 Å². The number of hydrogen-bond donors (Lipinski definition) is 1. The van der Waals surface area contributed by atoms with Crippen molar-refractivity contribution in [3.05, 3.63) is 52.5 Å². The number of aryl methyl sites for hydroxylation is 2. The van der Waals surface area contributed by atoms with E-state index in [2.05, 4.69) is 10.3 Å². The standard InChI is InChI=1S/C19H19ClN2O2S/c1-12-5-3-6-13(2)18(12)24-10-4-7-17(23)22-19-21-15-9-8-14(20)11-16(15)25-19/h3,5-6,8-9,11H,4,7,10H2,1-2H3,(H,21,22,23). The van der Waals surface area contributed by atoms with Crippen LogP contribution in [-0.4, -0.2) is 17.5 Å². The summed E-state index contributed by atoms with van der Waals surface area (Å²) in [6, 6.07) is 11.5. The number of ether oxygens (including phenoxy) is 1. The first kappa shape index (κ1) is 17.7. The summed E-state index contributed by atoms with van der Waals surface area (Å²) >= 11 is 7.39. The van der Waals surface area contributed by atoms with Crippen molar-refractivity contribution in [3.63, 3.8) is 0 Å². The molecule has 130 valence electrons. The molecule has 0 atom stereocenters. The maximum atomic E-state index is 12.1. The number of nitrogens with zero attached hydrogens (tertiary/aromatic N) is 1. The Bertz CT molecular complexity index is 887. The lowest BCUT2D eigenvalue weighted by Crippen LogP contribution is -2.12. The number of anilines is 1. The molecule has 1 N–H and O–H groups in total. The van der Waals surface area contributed by atoms with E-state index in [1.54, 1.807) is 6.07 Å². The molecule has 3 aromatic rings. The number of carbonyl (C=O) groups is 1. The van der Waals surface area contributed by atoms with Gasteiger partial charge in [-0.05, 0) is 49.6 Å². The van der Waals surface area contributed by atoms with Crippen LogP contribution in [-0.2, 0) is 4.79 Å². The number of benzene rings is 2. The second kappa shape index (κ2) is 7.85. The van der Waals surface area contributed by atoms with Crippen LogP contribution in [0.25, 0.3) is 10.2 Å². The quantitative estimate of drug-likeness (QED) is 0.590. The topological polar surface area (TPSA) is 51.2 Å². The Hall–Kier alpha value is -2.11. The lowest BCUT2D eigenvalue weighted by Gasteiger charge is -2.11. The average molecular weight is 375 g/mol. The minimum absolute atomic E-state index is 0.0599. The van der Waals surface area contributed by atoms with Crippen LogP contribution in [0, 0.1) is 13.8 Å². The molecule has 0 fully saturated rings. The van der Waals surface area contributed by atoms with Crippen LogP contribution < -0.4 is 10.1 Å². The molecule has 0 radical (unpaired) electrons. The maximum absolute atomic E-state index is 12.1. The minimum atomic E-state index is -0.0599. The predicted octanol–water partition coefficient (Wildman–Crippen LogP) is 5.36. The SMILES string of the molecule is Cc1cccc(C)c1OCCCC(=O)Nc1nc2ccc(Cl)cc2s1. The molecular weight excluding hydrogens is 356 g/mol. The molecule has 4 nitrogen and oxygen atoms in total. The van der Waals surface area contributed by atoms with Crippen molar-refractivity contribution in [2.24, 2.45) is 0 Å². The Labute approximate surface area is 155 Å². The van der Waals surface area contributed by atoms with E-state index in [1.165, 1.54) is 11.3 Å². The number of hydrogen-bond acceptors (Lipinski definition) is 4. The van der Waals surface area contributed by atoms with Gasteiger partial charge in [-0.1, -0.05) is 41.1 Å². The highest BCUT2D eigenvalue weighted by molar-refractivity contribution is 7.22. The van der Waals surface area contributed by atoms with E-state index in [4.69, 9.17) is 16.3 Å². The molecule has 1 amide bonds. The smallest absolute Gasteiger partial charge is 0.226 e. The summed E-state index contributed by atoms with van der Waals surface area (Å²) in [6.07, 6.45) is 1.04. The van der Waals surface area contributed by atoms with Gasteiger partial charge in [-0.15, -0.1) is 0 Å². The van der Waals surface area contributed by atoms with Crippen LogP contribution in [0.1, 0.15) is 24.0 Å². The number of aromatic nitrogens is 1. The summed E-state index contributed by atoms with van der Waals surface area (Å²) in [6.45, 7) is 4.55. The van der Waals surface area contributed by atoms with E-state index in [9.17, 15) is 4.79 Å². The molecule has 0 aliphatic carbocycles. The molecule has 0 aliphatic rings. The van der Waals surface area contributed by atoms with Gasteiger partial charge in [0.1, 0.15) is 5.75 Å². The lowest BCUT2D eigenvalue weighted by molar-refractivity contribution is -0.116. The molecule has 2 aromatic carbocycles. The van der Waals surface area contributed by atoms with Gasteiger partial charge in [-0.2, -0.15) is 0 Å². The molecule has 6 heteroatoms. The molecule has 3 rings (SSSR count). The summed E-state index contributed by atoms with van der Waals surface area (Å²) < 4.78 is 6.78. The number of para-hydroxylation sites is 1. The Morgan fingerprint density at radius 1 is 1.24 bits per heavy atom. The van der Waals surface area contributed by atoms with Crippen molar-refractivity contribution in [2.75, 3.05) is 11.9 Å². The highest BCUT2D eigenvalue weighted by atomic mass is 35.5.